The molecule has 2 aromatic carbocycles. The first kappa shape index (κ1) is 24.5. The maximum Gasteiger partial charge on any atom is 0.411 e. The lowest BCUT2D eigenvalue weighted by Crippen LogP contribution is -2.31. The van der Waals surface area contributed by atoms with E-state index in [4.69, 9.17) is 16.6 Å². The number of anilines is 1. The molecule has 1 atom stereocenters. The number of nitrogens with zero attached hydrogens (tertiary/aromatic N) is 1. The monoisotopic (exact) mass is 508 g/mol. The number of ether oxygens (including phenoxy) is 1. The summed E-state index contributed by atoms with van der Waals surface area (Å²) in [7, 11) is 1.31. The van der Waals surface area contributed by atoms with E-state index in [9.17, 15) is 9.59 Å². The molecule has 4 aromatic rings. The summed E-state index contributed by atoms with van der Waals surface area (Å²) in [4.78, 5) is 32.1. The zero-order valence-corrected chi connectivity index (χ0v) is 20.7. The van der Waals surface area contributed by atoms with Gasteiger partial charge in [0.2, 0.25) is 5.91 Å². The maximum atomic E-state index is 12.8. The summed E-state index contributed by atoms with van der Waals surface area (Å²) >= 11 is 8.14. The number of amides is 2. The molecule has 0 saturated carbocycles. The van der Waals surface area contributed by atoms with Crippen LogP contribution >= 0.6 is 22.9 Å². The SMILES string of the molecule is COC(=O)Nc1ccc(-c2nc([C@H](Cc3ccccc3)NC(=O)CCc3ccsc3)[nH]c2Cl)cc1. The number of carbonyl (C=O) groups is 2. The Morgan fingerprint density at radius 3 is 2.54 bits per heavy atom. The molecule has 2 heterocycles. The number of methoxy groups -OCH3 is 1. The molecule has 9 heteroatoms. The van der Waals surface area contributed by atoms with Crippen LogP contribution in [0.2, 0.25) is 5.15 Å². The second-order valence-electron chi connectivity index (χ2n) is 7.92. The fourth-order valence-corrected chi connectivity index (χ4v) is 4.58. The molecule has 0 aliphatic rings. The standard InChI is InChI=1S/C26H25ClN4O3S/c1-34-26(33)28-20-10-8-19(9-11-20)23-24(27)31-25(30-23)21(15-17-5-3-2-4-6-17)29-22(32)12-7-18-13-14-35-16-18/h2-6,8-11,13-14,16,21H,7,12,15H2,1H3,(H,28,33)(H,29,32)(H,30,31)/t21-/m0/s1. The van der Waals surface area contributed by atoms with Crippen LogP contribution in [0.15, 0.2) is 71.4 Å². The van der Waals surface area contributed by atoms with E-state index in [1.165, 1.54) is 7.11 Å². The smallest absolute Gasteiger partial charge is 0.411 e. The van der Waals surface area contributed by atoms with Crippen molar-refractivity contribution < 1.29 is 14.3 Å². The number of benzene rings is 2. The number of thiophene rings is 1. The van der Waals surface area contributed by atoms with Gasteiger partial charge < -0.3 is 15.0 Å². The number of nitrogens with one attached hydrogen (secondary N) is 3. The molecule has 2 aromatic heterocycles. The Kier molecular flexibility index (Phi) is 8.18. The van der Waals surface area contributed by atoms with Gasteiger partial charge in [0, 0.05) is 17.7 Å². The zero-order chi connectivity index (χ0) is 24.6. The zero-order valence-electron chi connectivity index (χ0n) is 19.1. The van der Waals surface area contributed by atoms with Gasteiger partial charge in [-0.05, 0) is 52.9 Å². The van der Waals surface area contributed by atoms with Crippen LogP contribution in [0.1, 0.15) is 29.4 Å². The van der Waals surface area contributed by atoms with Gasteiger partial charge >= 0.3 is 6.09 Å². The summed E-state index contributed by atoms with van der Waals surface area (Å²) in [6.45, 7) is 0. The van der Waals surface area contributed by atoms with Crippen molar-refractivity contribution in [2.75, 3.05) is 12.4 Å². The molecule has 2 amide bonds. The number of aromatic nitrogens is 2. The van der Waals surface area contributed by atoms with Gasteiger partial charge in [-0.15, -0.1) is 0 Å². The lowest BCUT2D eigenvalue weighted by atomic mass is 10.0. The summed E-state index contributed by atoms with van der Waals surface area (Å²) in [6, 6.07) is 18.7. The number of carbonyl (C=O) groups excluding carboxylic acids is 2. The van der Waals surface area contributed by atoms with E-state index in [-0.39, 0.29) is 11.9 Å². The molecular weight excluding hydrogens is 484 g/mol. The molecule has 0 fully saturated rings. The summed E-state index contributed by atoms with van der Waals surface area (Å²) in [5.74, 6) is 0.527. The Hall–Kier alpha value is -3.62. The van der Waals surface area contributed by atoms with Crippen LogP contribution in [-0.2, 0) is 22.4 Å². The van der Waals surface area contributed by atoms with Crippen molar-refractivity contribution in [1.29, 1.82) is 0 Å². The van der Waals surface area contributed by atoms with Crippen molar-refractivity contribution in [2.45, 2.75) is 25.3 Å². The van der Waals surface area contributed by atoms with Gasteiger partial charge in [0.05, 0.1) is 13.2 Å². The van der Waals surface area contributed by atoms with E-state index in [1.807, 2.05) is 53.9 Å². The second kappa shape index (κ2) is 11.7. The molecular formula is C26H25ClN4O3S. The van der Waals surface area contributed by atoms with Crippen molar-refractivity contribution in [2.24, 2.45) is 0 Å². The Labute approximate surface area is 212 Å². The molecule has 4 rings (SSSR count). The number of aryl methyl sites for hydroxylation is 1. The largest absolute Gasteiger partial charge is 0.453 e. The second-order valence-corrected chi connectivity index (χ2v) is 9.08. The molecule has 180 valence electrons. The first-order chi connectivity index (χ1) is 17.0. The molecule has 7 nitrogen and oxygen atoms in total. The number of halogens is 1. The van der Waals surface area contributed by atoms with E-state index in [0.29, 0.717) is 41.6 Å². The van der Waals surface area contributed by atoms with Gasteiger partial charge in [-0.3, -0.25) is 10.1 Å². The van der Waals surface area contributed by atoms with Crippen LogP contribution in [0.25, 0.3) is 11.3 Å². The molecule has 0 aliphatic carbocycles. The Morgan fingerprint density at radius 1 is 1.09 bits per heavy atom. The maximum absolute atomic E-state index is 12.8. The third-order valence-electron chi connectivity index (χ3n) is 5.44. The summed E-state index contributed by atoms with van der Waals surface area (Å²) in [5, 5.41) is 10.2. The summed E-state index contributed by atoms with van der Waals surface area (Å²) in [6.07, 6.45) is 1.09. The van der Waals surface area contributed by atoms with Crippen molar-refractivity contribution >= 4 is 40.6 Å². The van der Waals surface area contributed by atoms with Gasteiger partial charge in [-0.25, -0.2) is 9.78 Å². The number of hydrogen-bond acceptors (Lipinski definition) is 5. The highest BCUT2D eigenvalue weighted by molar-refractivity contribution is 7.07. The fourth-order valence-electron chi connectivity index (χ4n) is 3.63. The predicted molar refractivity (Wildman–Crippen MR) is 139 cm³/mol. The molecule has 0 radical (unpaired) electrons. The first-order valence-electron chi connectivity index (χ1n) is 11.1. The number of rotatable bonds is 9. The van der Waals surface area contributed by atoms with E-state index in [1.54, 1.807) is 23.5 Å². The van der Waals surface area contributed by atoms with E-state index in [2.05, 4.69) is 25.7 Å². The average Bonchev–Trinajstić information content (AvgIpc) is 3.53. The van der Waals surface area contributed by atoms with E-state index >= 15 is 0 Å². The molecule has 0 spiro atoms. The minimum Gasteiger partial charge on any atom is -0.453 e. The van der Waals surface area contributed by atoms with Crippen LogP contribution in [0.4, 0.5) is 10.5 Å². The van der Waals surface area contributed by atoms with Gasteiger partial charge in [0.15, 0.2) is 0 Å². The average molecular weight is 509 g/mol. The lowest BCUT2D eigenvalue weighted by molar-refractivity contribution is -0.121. The molecule has 0 saturated heterocycles. The third kappa shape index (κ3) is 6.71. The Balaban J connectivity index is 1.53. The highest BCUT2D eigenvalue weighted by atomic mass is 35.5. The first-order valence-corrected chi connectivity index (χ1v) is 12.4. The lowest BCUT2D eigenvalue weighted by Gasteiger charge is -2.17. The number of hydrogen-bond donors (Lipinski definition) is 3. The van der Waals surface area contributed by atoms with Crippen LogP contribution in [0.5, 0.6) is 0 Å². The predicted octanol–water partition coefficient (Wildman–Crippen LogP) is 6.00. The van der Waals surface area contributed by atoms with E-state index in [0.717, 1.165) is 16.7 Å². The van der Waals surface area contributed by atoms with Crippen molar-refractivity contribution in [3.05, 3.63) is 93.5 Å². The van der Waals surface area contributed by atoms with E-state index < -0.39 is 6.09 Å². The highest BCUT2D eigenvalue weighted by Crippen LogP contribution is 2.29. The minimum absolute atomic E-state index is 0.0514. The Morgan fingerprint density at radius 2 is 1.86 bits per heavy atom. The molecule has 0 unspecified atom stereocenters. The number of H-pyrrole nitrogens is 1. The summed E-state index contributed by atoms with van der Waals surface area (Å²) < 4.78 is 4.61. The normalized spacial score (nSPS) is 11.6. The van der Waals surface area contributed by atoms with Crippen LogP contribution in [-0.4, -0.2) is 29.1 Å². The molecule has 0 aliphatic heterocycles. The van der Waals surface area contributed by atoms with Gasteiger partial charge in [-0.2, -0.15) is 11.3 Å². The van der Waals surface area contributed by atoms with Crippen LogP contribution < -0.4 is 10.6 Å². The topological polar surface area (TPSA) is 96.1 Å². The van der Waals surface area contributed by atoms with Crippen LogP contribution in [0.3, 0.4) is 0 Å². The molecule has 35 heavy (non-hydrogen) atoms. The van der Waals surface area contributed by atoms with Gasteiger partial charge in [0.1, 0.15) is 16.7 Å². The third-order valence-corrected chi connectivity index (χ3v) is 6.44. The highest BCUT2D eigenvalue weighted by Gasteiger charge is 2.21. The summed E-state index contributed by atoms with van der Waals surface area (Å²) in [5.41, 5.74) is 4.15. The van der Waals surface area contributed by atoms with Gasteiger partial charge in [0.25, 0.3) is 0 Å². The number of aromatic amines is 1. The molecule has 0 bridgehead atoms. The fraction of sp³-hybridized carbons (Fsp3) is 0.192. The van der Waals surface area contributed by atoms with Crippen molar-refractivity contribution in [3.63, 3.8) is 0 Å². The quantitative estimate of drug-likeness (QED) is 0.258. The minimum atomic E-state index is -0.545. The van der Waals surface area contributed by atoms with Crippen molar-refractivity contribution in [1.82, 2.24) is 15.3 Å². The number of imidazole rings is 1. The Bertz CT molecular complexity index is 1260. The van der Waals surface area contributed by atoms with Crippen LogP contribution in [0, 0.1) is 0 Å². The molecule has 3 N–H and O–H groups in total. The van der Waals surface area contributed by atoms with Gasteiger partial charge in [-0.1, -0.05) is 54.1 Å². The van der Waals surface area contributed by atoms with Crippen molar-refractivity contribution in [3.8, 4) is 11.3 Å².